The molecule has 0 aliphatic heterocycles. The van der Waals surface area contributed by atoms with Crippen molar-refractivity contribution in [3.63, 3.8) is 0 Å². The van der Waals surface area contributed by atoms with Crippen LogP contribution in [0.4, 0.5) is 0 Å². The van der Waals surface area contributed by atoms with Crippen molar-refractivity contribution in [3.05, 3.63) is 42.1 Å². The number of carbonyl (C=O) groups is 2. The Morgan fingerprint density at radius 2 is 2.05 bits per heavy atom. The highest BCUT2D eigenvalue weighted by atomic mass is 16.2. The van der Waals surface area contributed by atoms with Crippen LogP contribution >= 0.6 is 0 Å². The van der Waals surface area contributed by atoms with Crippen molar-refractivity contribution in [2.75, 3.05) is 6.67 Å². The fraction of sp³-hybridized carbons (Fsp3) is 0.267. The van der Waals surface area contributed by atoms with E-state index in [-0.39, 0.29) is 18.5 Å². The molecule has 0 saturated carbocycles. The summed E-state index contributed by atoms with van der Waals surface area (Å²) in [5.41, 5.74) is 1.40. The minimum absolute atomic E-state index is 0.0597. The Bertz CT molecular complexity index is 625. The number of nitrogens with zero attached hydrogens (tertiary/aromatic N) is 1. The van der Waals surface area contributed by atoms with Crippen LogP contribution in [0, 0.1) is 0 Å². The quantitative estimate of drug-likeness (QED) is 0.815. The first-order valence-electron chi connectivity index (χ1n) is 6.60. The first kappa shape index (κ1) is 14.0. The molecule has 5 nitrogen and oxygen atoms in total. The number of hydrogen-bond acceptors (Lipinski definition) is 3. The van der Waals surface area contributed by atoms with Gasteiger partial charge >= 0.3 is 0 Å². The van der Waals surface area contributed by atoms with E-state index in [2.05, 4.69) is 15.6 Å². The molecule has 0 aliphatic rings. The highest BCUT2D eigenvalue weighted by Crippen LogP contribution is 2.12. The van der Waals surface area contributed by atoms with E-state index in [4.69, 9.17) is 0 Å². The molecule has 0 aliphatic carbocycles. The lowest BCUT2D eigenvalue weighted by Crippen LogP contribution is -2.37. The summed E-state index contributed by atoms with van der Waals surface area (Å²) < 4.78 is 0. The molecule has 1 aromatic heterocycles. The molecule has 1 heterocycles. The van der Waals surface area contributed by atoms with Gasteiger partial charge in [0.15, 0.2) is 0 Å². The van der Waals surface area contributed by atoms with Crippen LogP contribution in [0.3, 0.4) is 0 Å². The number of rotatable bonds is 5. The van der Waals surface area contributed by atoms with E-state index in [0.717, 1.165) is 17.3 Å². The van der Waals surface area contributed by atoms with Gasteiger partial charge in [-0.25, -0.2) is 0 Å². The molecular weight excluding hydrogens is 254 g/mol. The van der Waals surface area contributed by atoms with E-state index >= 15 is 0 Å². The Morgan fingerprint density at radius 1 is 1.20 bits per heavy atom. The van der Waals surface area contributed by atoms with Crippen molar-refractivity contribution in [2.45, 2.75) is 19.8 Å². The second-order valence-corrected chi connectivity index (χ2v) is 4.44. The summed E-state index contributed by atoms with van der Waals surface area (Å²) in [6.45, 7) is 2.07. The third-order valence-corrected chi connectivity index (χ3v) is 2.88. The monoisotopic (exact) mass is 271 g/mol. The van der Waals surface area contributed by atoms with Gasteiger partial charge in [-0.3, -0.25) is 14.6 Å². The Kier molecular flexibility index (Phi) is 4.65. The van der Waals surface area contributed by atoms with Crippen molar-refractivity contribution in [2.24, 2.45) is 0 Å². The SMILES string of the molecule is CCCC(=O)NCNC(=O)c1ccc2ncccc2c1. The predicted octanol–water partition coefficient (Wildman–Crippen LogP) is 1.84. The Balaban J connectivity index is 1.95. The lowest BCUT2D eigenvalue weighted by molar-refractivity contribution is -0.121. The number of nitrogens with one attached hydrogen (secondary N) is 2. The first-order valence-corrected chi connectivity index (χ1v) is 6.60. The number of pyridine rings is 1. The van der Waals surface area contributed by atoms with Crippen LogP contribution in [-0.2, 0) is 4.79 Å². The molecule has 0 atom stereocenters. The van der Waals surface area contributed by atoms with Crippen LogP contribution in [0.1, 0.15) is 30.1 Å². The van der Waals surface area contributed by atoms with E-state index in [1.807, 2.05) is 19.1 Å². The number of carbonyl (C=O) groups excluding carboxylic acids is 2. The number of hydrogen-bond donors (Lipinski definition) is 2. The third-order valence-electron chi connectivity index (χ3n) is 2.88. The molecular formula is C15H17N3O2. The molecule has 0 spiro atoms. The first-order chi connectivity index (χ1) is 9.70. The summed E-state index contributed by atoms with van der Waals surface area (Å²) >= 11 is 0. The van der Waals surface area contributed by atoms with E-state index in [1.165, 1.54) is 0 Å². The number of benzene rings is 1. The molecule has 20 heavy (non-hydrogen) atoms. The molecule has 2 rings (SSSR count). The summed E-state index contributed by atoms with van der Waals surface area (Å²) in [4.78, 5) is 27.4. The molecule has 2 amide bonds. The second kappa shape index (κ2) is 6.65. The maximum absolute atomic E-state index is 11.9. The van der Waals surface area contributed by atoms with Crippen LogP contribution in [0.5, 0.6) is 0 Å². The molecule has 0 unspecified atom stereocenters. The van der Waals surface area contributed by atoms with Crippen molar-refractivity contribution >= 4 is 22.7 Å². The van der Waals surface area contributed by atoms with Gasteiger partial charge in [-0.1, -0.05) is 13.0 Å². The zero-order valence-corrected chi connectivity index (χ0v) is 11.3. The van der Waals surface area contributed by atoms with Gasteiger partial charge in [0.05, 0.1) is 12.2 Å². The van der Waals surface area contributed by atoms with E-state index in [9.17, 15) is 9.59 Å². The van der Waals surface area contributed by atoms with Crippen LogP contribution in [-0.4, -0.2) is 23.5 Å². The van der Waals surface area contributed by atoms with Crippen molar-refractivity contribution in [1.82, 2.24) is 15.6 Å². The zero-order chi connectivity index (χ0) is 14.4. The molecule has 2 aromatic rings. The van der Waals surface area contributed by atoms with E-state index in [0.29, 0.717) is 12.0 Å². The lowest BCUT2D eigenvalue weighted by atomic mass is 10.1. The zero-order valence-electron chi connectivity index (χ0n) is 11.3. The summed E-state index contributed by atoms with van der Waals surface area (Å²) in [6, 6.07) is 9.04. The predicted molar refractivity (Wildman–Crippen MR) is 77.1 cm³/mol. The standard InChI is InChI=1S/C15H17N3O2/c1-2-4-14(19)17-10-18-15(20)12-6-7-13-11(9-12)5-3-8-16-13/h3,5-9H,2,4,10H2,1H3,(H,17,19)(H,18,20). The third kappa shape index (κ3) is 3.54. The maximum atomic E-state index is 11.9. The van der Waals surface area contributed by atoms with Gasteiger partial charge in [0.25, 0.3) is 5.91 Å². The Morgan fingerprint density at radius 3 is 2.85 bits per heavy atom. The van der Waals surface area contributed by atoms with Gasteiger partial charge in [0.1, 0.15) is 0 Å². The molecule has 5 heteroatoms. The van der Waals surface area contributed by atoms with Gasteiger partial charge in [0, 0.05) is 23.6 Å². The molecule has 0 radical (unpaired) electrons. The highest BCUT2D eigenvalue weighted by Gasteiger charge is 2.06. The number of fused-ring (bicyclic) bond motifs is 1. The van der Waals surface area contributed by atoms with Gasteiger partial charge in [-0.15, -0.1) is 0 Å². The molecule has 0 saturated heterocycles. The van der Waals surface area contributed by atoms with Crippen LogP contribution in [0.2, 0.25) is 0 Å². The van der Waals surface area contributed by atoms with Crippen LogP contribution in [0.25, 0.3) is 10.9 Å². The second-order valence-electron chi connectivity index (χ2n) is 4.44. The summed E-state index contributed by atoms with van der Waals surface area (Å²) in [5, 5.41) is 6.21. The van der Waals surface area contributed by atoms with Gasteiger partial charge in [-0.05, 0) is 30.7 Å². The van der Waals surface area contributed by atoms with Gasteiger partial charge in [0.2, 0.25) is 5.91 Å². The van der Waals surface area contributed by atoms with Crippen LogP contribution in [0.15, 0.2) is 36.5 Å². The molecule has 0 fully saturated rings. The summed E-state index contributed by atoms with van der Waals surface area (Å²) in [6.07, 6.45) is 2.97. The number of aromatic nitrogens is 1. The smallest absolute Gasteiger partial charge is 0.252 e. The maximum Gasteiger partial charge on any atom is 0.252 e. The molecule has 2 N–H and O–H groups in total. The normalized spacial score (nSPS) is 10.2. The largest absolute Gasteiger partial charge is 0.339 e. The van der Waals surface area contributed by atoms with Gasteiger partial charge in [-0.2, -0.15) is 0 Å². The van der Waals surface area contributed by atoms with E-state index < -0.39 is 0 Å². The number of amides is 2. The minimum Gasteiger partial charge on any atom is -0.339 e. The average molecular weight is 271 g/mol. The molecule has 104 valence electrons. The van der Waals surface area contributed by atoms with Crippen molar-refractivity contribution in [3.8, 4) is 0 Å². The molecule has 1 aromatic carbocycles. The van der Waals surface area contributed by atoms with Crippen molar-refractivity contribution in [1.29, 1.82) is 0 Å². The topological polar surface area (TPSA) is 71.1 Å². The average Bonchev–Trinajstić information content (AvgIpc) is 2.47. The molecule has 0 bridgehead atoms. The Hall–Kier alpha value is -2.43. The van der Waals surface area contributed by atoms with E-state index in [1.54, 1.807) is 24.4 Å². The van der Waals surface area contributed by atoms with Crippen LogP contribution < -0.4 is 10.6 Å². The summed E-state index contributed by atoms with van der Waals surface area (Å²) in [7, 11) is 0. The lowest BCUT2D eigenvalue weighted by Gasteiger charge is -2.07. The minimum atomic E-state index is -0.215. The Labute approximate surface area is 117 Å². The fourth-order valence-electron chi connectivity index (χ4n) is 1.86. The fourth-order valence-corrected chi connectivity index (χ4v) is 1.86. The van der Waals surface area contributed by atoms with Gasteiger partial charge < -0.3 is 10.6 Å². The highest BCUT2D eigenvalue weighted by molar-refractivity contribution is 5.98. The summed E-state index contributed by atoms with van der Waals surface area (Å²) in [5.74, 6) is -0.275. The van der Waals surface area contributed by atoms with Crippen molar-refractivity contribution < 1.29 is 9.59 Å².